The smallest absolute Gasteiger partial charge is 0.449 e. The van der Waals surface area contributed by atoms with Gasteiger partial charge in [-0.2, -0.15) is 9.78 Å². The van der Waals surface area contributed by atoms with Crippen LogP contribution >= 0.6 is 0 Å². The van der Waals surface area contributed by atoms with E-state index in [4.69, 9.17) is 38.8 Å². The Bertz CT molecular complexity index is 862. The standard InChI is InChI=1S/C30H54O14/c1-25(2,3)39-43-29(11,12)17-19-35-21(31)23(33)37-41-27(7,8)15-16-28(9,10)42-38-24(34)22(32)36-20-18-30(13,14)44-40-26(4,5)6/h15-20H2,1-14H3. The van der Waals surface area contributed by atoms with Crippen molar-refractivity contribution in [2.75, 3.05) is 13.2 Å². The quantitative estimate of drug-likeness (QED) is 0.0885. The van der Waals surface area contributed by atoms with E-state index in [9.17, 15) is 19.2 Å². The van der Waals surface area contributed by atoms with Gasteiger partial charge >= 0.3 is 23.9 Å². The second kappa shape index (κ2) is 16.8. The second-order valence-electron chi connectivity index (χ2n) is 14.8. The summed E-state index contributed by atoms with van der Waals surface area (Å²) in [5.74, 6) is -5.12. The molecule has 0 unspecified atom stereocenters. The van der Waals surface area contributed by atoms with Gasteiger partial charge in [-0.15, -0.1) is 0 Å². The highest BCUT2D eigenvalue weighted by molar-refractivity contribution is 6.29. The highest BCUT2D eigenvalue weighted by Crippen LogP contribution is 2.26. The molecule has 0 heterocycles. The molecular formula is C30H54O14. The first kappa shape index (κ1) is 41.6. The van der Waals surface area contributed by atoms with E-state index >= 15 is 0 Å². The van der Waals surface area contributed by atoms with Crippen LogP contribution in [0.5, 0.6) is 0 Å². The summed E-state index contributed by atoms with van der Waals surface area (Å²) >= 11 is 0. The van der Waals surface area contributed by atoms with Crippen LogP contribution in [-0.4, -0.2) is 70.7 Å². The van der Waals surface area contributed by atoms with Gasteiger partial charge in [0, 0.05) is 12.8 Å². The van der Waals surface area contributed by atoms with Gasteiger partial charge in [0.25, 0.3) is 0 Å². The Kier molecular flexibility index (Phi) is 15.9. The third kappa shape index (κ3) is 21.4. The number of hydrogen-bond acceptors (Lipinski definition) is 14. The molecule has 0 amide bonds. The van der Waals surface area contributed by atoms with Crippen LogP contribution in [0, 0.1) is 0 Å². The van der Waals surface area contributed by atoms with Crippen molar-refractivity contribution in [2.24, 2.45) is 0 Å². The van der Waals surface area contributed by atoms with Crippen LogP contribution in [0.1, 0.15) is 123 Å². The molecule has 14 heteroatoms. The number of hydrogen-bond donors (Lipinski definition) is 0. The summed E-state index contributed by atoms with van der Waals surface area (Å²) in [6, 6.07) is 0. The Morgan fingerprint density at radius 1 is 0.364 bits per heavy atom. The van der Waals surface area contributed by atoms with E-state index in [2.05, 4.69) is 9.78 Å². The summed E-state index contributed by atoms with van der Waals surface area (Å²) in [4.78, 5) is 89.0. The number of carbonyl (C=O) groups excluding carboxylic acids is 4. The van der Waals surface area contributed by atoms with Gasteiger partial charge in [-0.05, 0) is 110 Å². The van der Waals surface area contributed by atoms with Crippen LogP contribution < -0.4 is 0 Å². The molecule has 0 aliphatic carbocycles. The Morgan fingerprint density at radius 3 is 0.909 bits per heavy atom. The van der Waals surface area contributed by atoms with Crippen LogP contribution in [0.2, 0.25) is 0 Å². The topological polar surface area (TPSA) is 161 Å². The van der Waals surface area contributed by atoms with Crippen molar-refractivity contribution in [3.05, 3.63) is 0 Å². The van der Waals surface area contributed by atoms with Gasteiger partial charge in [0.05, 0.1) is 24.4 Å². The van der Waals surface area contributed by atoms with E-state index in [1.807, 2.05) is 41.5 Å². The Labute approximate surface area is 261 Å². The van der Waals surface area contributed by atoms with Crippen molar-refractivity contribution in [1.82, 2.24) is 0 Å². The van der Waals surface area contributed by atoms with Gasteiger partial charge in [-0.25, -0.2) is 38.7 Å². The van der Waals surface area contributed by atoms with Crippen molar-refractivity contribution in [3.63, 3.8) is 0 Å². The van der Waals surface area contributed by atoms with Crippen molar-refractivity contribution >= 4 is 23.9 Å². The van der Waals surface area contributed by atoms with Gasteiger partial charge in [0.15, 0.2) is 0 Å². The lowest BCUT2D eigenvalue weighted by atomic mass is 9.94. The third-order valence-corrected chi connectivity index (χ3v) is 5.26. The zero-order valence-electron chi connectivity index (χ0n) is 29.0. The fourth-order valence-electron chi connectivity index (χ4n) is 2.51. The van der Waals surface area contributed by atoms with E-state index in [0.29, 0.717) is 0 Å². The predicted octanol–water partition coefficient (Wildman–Crippen LogP) is 5.19. The number of ether oxygens (including phenoxy) is 2. The van der Waals surface area contributed by atoms with Gasteiger partial charge in [-0.3, -0.25) is 9.78 Å². The zero-order valence-corrected chi connectivity index (χ0v) is 29.0. The molecule has 0 saturated heterocycles. The molecule has 0 aromatic carbocycles. The fourth-order valence-corrected chi connectivity index (χ4v) is 2.51. The SMILES string of the molecule is CC(C)(C)OOC(C)(C)CCOC(=O)C(=O)OOC(C)(C)CCC(C)(C)OOC(=O)C(=O)OCCC(C)(C)OOC(C)(C)C. The first-order valence-corrected chi connectivity index (χ1v) is 14.5. The van der Waals surface area contributed by atoms with Crippen LogP contribution in [0.25, 0.3) is 0 Å². The molecule has 14 nitrogen and oxygen atoms in total. The summed E-state index contributed by atoms with van der Waals surface area (Å²) in [5.41, 5.74) is -4.70. The first-order chi connectivity index (χ1) is 19.6. The number of carbonyl (C=O) groups is 4. The molecule has 0 aliphatic rings. The number of rotatable bonds is 17. The van der Waals surface area contributed by atoms with Gasteiger partial charge in [0.2, 0.25) is 0 Å². The monoisotopic (exact) mass is 638 g/mol. The lowest BCUT2D eigenvalue weighted by Gasteiger charge is -2.28. The van der Waals surface area contributed by atoms with Crippen molar-refractivity contribution < 1.29 is 67.8 Å². The molecule has 0 spiro atoms. The molecule has 258 valence electrons. The van der Waals surface area contributed by atoms with Crippen LogP contribution in [0.3, 0.4) is 0 Å². The normalized spacial score (nSPS) is 13.3. The van der Waals surface area contributed by atoms with Gasteiger partial charge in [0.1, 0.15) is 22.4 Å². The van der Waals surface area contributed by atoms with E-state index in [0.717, 1.165) is 0 Å². The largest absolute Gasteiger partial charge is 0.457 e. The maximum atomic E-state index is 12.0. The third-order valence-electron chi connectivity index (χ3n) is 5.26. The molecule has 0 aliphatic heterocycles. The minimum atomic E-state index is -1.33. The predicted molar refractivity (Wildman–Crippen MR) is 155 cm³/mol. The van der Waals surface area contributed by atoms with Gasteiger partial charge in [-0.1, -0.05) is 0 Å². The summed E-state index contributed by atoms with van der Waals surface area (Å²) in [7, 11) is 0. The molecule has 0 rings (SSSR count). The molecular weight excluding hydrogens is 584 g/mol. The maximum Gasteiger partial charge on any atom is 0.449 e. The summed E-state index contributed by atoms with van der Waals surface area (Å²) < 4.78 is 9.88. The highest BCUT2D eigenvalue weighted by atomic mass is 17.2. The number of esters is 2. The van der Waals surface area contributed by atoms with E-state index in [1.54, 1.807) is 55.4 Å². The Balaban J connectivity index is 4.48. The minimum Gasteiger partial charge on any atom is -0.457 e. The lowest BCUT2D eigenvalue weighted by Crippen LogP contribution is -2.35. The van der Waals surface area contributed by atoms with Crippen LogP contribution in [0.15, 0.2) is 0 Å². The molecule has 0 radical (unpaired) electrons. The van der Waals surface area contributed by atoms with Crippen LogP contribution in [-0.2, 0) is 67.8 Å². The Morgan fingerprint density at radius 2 is 0.636 bits per heavy atom. The molecule has 0 bridgehead atoms. The minimum absolute atomic E-state index is 0.117. The van der Waals surface area contributed by atoms with E-state index in [1.165, 1.54) is 0 Å². The molecule has 44 heavy (non-hydrogen) atoms. The second-order valence-corrected chi connectivity index (χ2v) is 14.8. The fraction of sp³-hybridized carbons (Fsp3) is 0.867. The van der Waals surface area contributed by atoms with Crippen molar-refractivity contribution in [3.8, 4) is 0 Å². The Hall–Kier alpha value is -2.36. The molecule has 0 atom stereocenters. The molecule has 0 N–H and O–H groups in total. The van der Waals surface area contributed by atoms with E-state index in [-0.39, 0.29) is 38.9 Å². The maximum absolute atomic E-state index is 12.0. The van der Waals surface area contributed by atoms with Crippen molar-refractivity contribution in [2.45, 2.75) is 156 Å². The van der Waals surface area contributed by atoms with Gasteiger partial charge < -0.3 is 9.47 Å². The van der Waals surface area contributed by atoms with Crippen molar-refractivity contribution in [1.29, 1.82) is 0 Å². The average molecular weight is 639 g/mol. The summed E-state index contributed by atoms with van der Waals surface area (Å²) in [6.45, 7) is 24.2. The van der Waals surface area contributed by atoms with Crippen LogP contribution in [0.4, 0.5) is 0 Å². The zero-order chi connectivity index (χ0) is 34.6. The molecule has 0 aromatic rings. The molecule has 0 aromatic heterocycles. The summed E-state index contributed by atoms with van der Waals surface area (Å²) in [6.07, 6.45) is 0.975. The molecule has 0 saturated carbocycles. The highest BCUT2D eigenvalue weighted by Gasteiger charge is 2.33. The first-order valence-electron chi connectivity index (χ1n) is 14.5. The van der Waals surface area contributed by atoms with E-state index < -0.39 is 57.5 Å². The average Bonchev–Trinajstić information content (AvgIpc) is 2.86. The lowest BCUT2D eigenvalue weighted by molar-refractivity contribution is -0.398. The molecule has 0 fully saturated rings. The summed E-state index contributed by atoms with van der Waals surface area (Å²) in [5, 5.41) is 0.